The Hall–Kier alpha value is -3.61. The molecule has 2 aromatic carbocycles. The molecule has 0 aliphatic heterocycles. The van der Waals surface area contributed by atoms with Crippen molar-refractivity contribution in [3.05, 3.63) is 71.8 Å². The van der Waals surface area contributed by atoms with Crippen LogP contribution in [0.5, 0.6) is 0 Å². The molecule has 0 saturated heterocycles. The Kier molecular flexibility index (Phi) is 5.79. The molecule has 0 amide bonds. The van der Waals surface area contributed by atoms with E-state index in [1.807, 2.05) is 22.9 Å². The highest BCUT2D eigenvalue weighted by atomic mass is 15.5. The van der Waals surface area contributed by atoms with Crippen LogP contribution >= 0.6 is 0 Å². The zero-order chi connectivity index (χ0) is 20.9. The predicted molar refractivity (Wildman–Crippen MR) is 118 cm³/mol. The fourth-order valence-corrected chi connectivity index (χ4v) is 3.26. The molecule has 0 spiro atoms. The van der Waals surface area contributed by atoms with E-state index >= 15 is 0 Å². The maximum atomic E-state index is 4.71. The van der Waals surface area contributed by atoms with Crippen LogP contribution in [0.4, 0.5) is 0 Å². The van der Waals surface area contributed by atoms with Crippen molar-refractivity contribution in [1.82, 2.24) is 35.4 Å². The second kappa shape index (κ2) is 8.82. The van der Waals surface area contributed by atoms with Gasteiger partial charge in [-0.2, -0.15) is 5.10 Å². The molecular formula is C23H25N7. The molecule has 2 aromatic heterocycles. The molecular weight excluding hydrogens is 374 g/mol. The van der Waals surface area contributed by atoms with E-state index in [9.17, 15) is 0 Å². The molecule has 2 heterocycles. The summed E-state index contributed by atoms with van der Waals surface area (Å²) < 4.78 is 1.98. The molecule has 152 valence electrons. The number of aromatic amines is 1. The minimum absolute atomic E-state index is 0.296. The number of aromatic nitrogens is 7. The van der Waals surface area contributed by atoms with Gasteiger partial charge in [-0.05, 0) is 39.6 Å². The molecule has 0 bridgehead atoms. The monoisotopic (exact) mass is 399 g/mol. The van der Waals surface area contributed by atoms with E-state index in [2.05, 4.69) is 83.9 Å². The van der Waals surface area contributed by atoms with Crippen LogP contribution in [-0.4, -0.2) is 35.4 Å². The summed E-state index contributed by atoms with van der Waals surface area (Å²) in [5, 5.41) is 19.0. The van der Waals surface area contributed by atoms with E-state index < -0.39 is 0 Å². The maximum absolute atomic E-state index is 4.71. The maximum Gasteiger partial charge on any atom is 0.180 e. The van der Waals surface area contributed by atoms with Gasteiger partial charge in [-0.3, -0.25) is 0 Å². The molecule has 7 heteroatoms. The van der Waals surface area contributed by atoms with Crippen LogP contribution < -0.4 is 0 Å². The molecule has 1 N–H and O–H groups in total. The topological polar surface area (TPSA) is 85.2 Å². The first-order valence-corrected chi connectivity index (χ1v) is 10.2. The second-order valence-corrected chi connectivity index (χ2v) is 7.44. The number of rotatable bonds is 7. The summed E-state index contributed by atoms with van der Waals surface area (Å²) in [7, 11) is 0. The molecule has 0 saturated carbocycles. The fourth-order valence-electron chi connectivity index (χ4n) is 3.26. The number of tetrazole rings is 1. The summed E-state index contributed by atoms with van der Waals surface area (Å²) in [4.78, 5) is 4.69. The normalized spacial score (nSPS) is 11.6. The molecule has 0 atom stereocenters. The van der Waals surface area contributed by atoms with Crippen LogP contribution in [0, 0.1) is 0 Å². The Morgan fingerprint density at radius 3 is 2.47 bits per heavy atom. The zero-order valence-electron chi connectivity index (χ0n) is 17.4. The lowest BCUT2D eigenvalue weighted by molar-refractivity contribution is 0.652. The van der Waals surface area contributed by atoms with Gasteiger partial charge in [0.05, 0.1) is 6.54 Å². The number of benzene rings is 2. The van der Waals surface area contributed by atoms with Gasteiger partial charge in [-0.15, -0.1) is 5.10 Å². The number of allylic oxidation sites excluding steroid dienone is 1. The van der Waals surface area contributed by atoms with Gasteiger partial charge in [0.25, 0.3) is 0 Å². The number of hydrogen-bond donors (Lipinski definition) is 1. The molecule has 30 heavy (non-hydrogen) atoms. The third kappa shape index (κ3) is 4.20. The van der Waals surface area contributed by atoms with Crippen molar-refractivity contribution in [2.24, 2.45) is 0 Å². The lowest BCUT2D eigenvalue weighted by Crippen LogP contribution is -2.05. The van der Waals surface area contributed by atoms with Gasteiger partial charge in [0.15, 0.2) is 17.5 Å². The van der Waals surface area contributed by atoms with E-state index in [0.717, 1.165) is 34.8 Å². The summed E-state index contributed by atoms with van der Waals surface area (Å²) in [6.45, 7) is 7.02. The van der Waals surface area contributed by atoms with Gasteiger partial charge in [0.2, 0.25) is 0 Å². The van der Waals surface area contributed by atoms with Gasteiger partial charge in [0.1, 0.15) is 0 Å². The Labute approximate surface area is 175 Å². The zero-order valence-corrected chi connectivity index (χ0v) is 17.4. The Morgan fingerprint density at radius 2 is 1.80 bits per heavy atom. The highest BCUT2D eigenvalue weighted by Gasteiger charge is 2.12. The molecule has 0 aliphatic carbocycles. The molecule has 0 radical (unpaired) electrons. The van der Waals surface area contributed by atoms with E-state index in [1.165, 1.54) is 5.56 Å². The van der Waals surface area contributed by atoms with Gasteiger partial charge < -0.3 is 0 Å². The largest absolute Gasteiger partial charge is 0.242 e. The fraction of sp³-hybridized carbons (Fsp3) is 0.261. The quantitative estimate of drug-likeness (QED) is 0.486. The molecule has 4 aromatic rings. The molecule has 0 unspecified atom stereocenters. The second-order valence-electron chi connectivity index (χ2n) is 7.44. The molecule has 0 aliphatic rings. The Morgan fingerprint density at radius 1 is 1.03 bits per heavy atom. The molecule has 0 fully saturated rings. The van der Waals surface area contributed by atoms with Crippen LogP contribution in [0.3, 0.4) is 0 Å². The van der Waals surface area contributed by atoms with Crippen molar-refractivity contribution in [3.63, 3.8) is 0 Å². The highest BCUT2D eigenvalue weighted by Crippen LogP contribution is 2.29. The Balaban J connectivity index is 1.61. The van der Waals surface area contributed by atoms with Gasteiger partial charge in [-0.25, -0.2) is 14.8 Å². The van der Waals surface area contributed by atoms with E-state index in [1.54, 1.807) is 0 Å². The van der Waals surface area contributed by atoms with Crippen LogP contribution in [0.25, 0.3) is 28.6 Å². The van der Waals surface area contributed by atoms with Gasteiger partial charge in [-0.1, -0.05) is 75.4 Å². The summed E-state index contributed by atoms with van der Waals surface area (Å²) in [6.07, 6.45) is 5.14. The summed E-state index contributed by atoms with van der Waals surface area (Å²) in [5.74, 6) is 2.72. The summed E-state index contributed by atoms with van der Waals surface area (Å²) in [6, 6.07) is 16.6. The average molecular weight is 400 g/mol. The highest BCUT2D eigenvalue weighted by molar-refractivity contribution is 5.80. The van der Waals surface area contributed by atoms with Crippen molar-refractivity contribution in [1.29, 1.82) is 0 Å². The van der Waals surface area contributed by atoms with E-state index in [4.69, 9.17) is 10.1 Å². The first kappa shape index (κ1) is 19.7. The number of nitrogens with one attached hydrogen (secondary N) is 1. The van der Waals surface area contributed by atoms with E-state index in [0.29, 0.717) is 18.3 Å². The van der Waals surface area contributed by atoms with Crippen molar-refractivity contribution in [2.45, 2.75) is 39.7 Å². The smallest absolute Gasteiger partial charge is 0.180 e. The van der Waals surface area contributed by atoms with Gasteiger partial charge >= 0.3 is 0 Å². The Bertz CT molecular complexity index is 1120. The summed E-state index contributed by atoms with van der Waals surface area (Å²) in [5.41, 5.74) is 4.33. The van der Waals surface area contributed by atoms with Crippen molar-refractivity contribution < 1.29 is 0 Å². The lowest BCUT2D eigenvalue weighted by atomic mass is 9.98. The van der Waals surface area contributed by atoms with Crippen LogP contribution in [0.15, 0.2) is 54.6 Å². The number of nitrogens with zero attached hydrogens (tertiary/aromatic N) is 6. The number of hydrogen-bond acceptors (Lipinski definition) is 5. The van der Waals surface area contributed by atoms with Crippen molar-refractivity contribution in [2.75, 3.05) is 0 Å². The van der Waals surface area contributed by atoms with Gasteiger partial charge in [0, 0.05) is 11.5 Å². The minimum atomic E-state index is 0.296. The first-order valence-electron chi connectivity index (χ1n) is 10.2. The first-order chi connectivity index (χ1) is 14.7. The molecule has 4 rings (SSSR count). The van der Waals surface area contributed by atoms with Crippen LogP contribution in [0.2, 0.25) is 0 Å². The molecule has 7 nitrogen and oxygen atoms in total. The van der Waals surface area contributed by atoms with E-state index in [-0.39, 0.29) is 0 Å². The predicted octanol–water partition coefficient (Wildman–Crippen LogP) is 4.72. The SMILES string of the molecule is CC/C=C/c1nc(C(C)C)nn1Cc1ccc(-c2ccccc2-c2nnn[nH]2)cc1. The van der Waals surface area contributed by atoms with Crippen LogP contribution in [-0.2, 0) is 6.54 Å². The lowest BCUT2D eigenvalue weighted by Gasteiger charge is -2.09. The van der Waals surface area contributed by atoms with Crippen molar-refractivity contribution >= 4 is 6.08 Å². The number of H-pyrrole nitrogens is 1. The van der Waals surface area contributed by atoms with Crippen molar-refractivity contribution in [3.8, 4) is 22.5 Å². The third-order valence-corrected chi connectivity index (χ3v) is 4.86. The van der Waals surface area contributed by atoms with Crippen LogP contribution in [0.1, 0.15) is 50.3 Å². The summed E-state index contributed by atoms with van der Waals surface area (Å²) >= 11 is 0. The minimum Gasteiger partial charge on any atom is -0.242 e. The third-order valence-electron chi connectivity index (χ3n) is 4.86. The standard InChI is InChI=1S/C23H25N7/c1-4-5-10-21-24-22(16(2)3)27-30(21)15-17-11-13-18(14-12-17)19-8-6-7-9-20(19)23-25-28-29-26-23/h5-14,16H,4,15H2,1-3H3,(H,25,26,28,29)/b10-5+. The average Bonchev–Trinajstić information content (AvgIpc) is 3.43.